The van der Waals surface area contributed by atoms with Crippen LogP contribution in [0, 0.1) is 12.3 Å². The highest BCUT2D eigenvalue weighted by molar-refractivity contribution is 5.29. The van der Waals surface area contributed by atoms with E-state index >= 15 is 0 Å². The van der Waals surface area contributed by atoms with E-state index in [4.69, 9.17) is 20.6 Å². The van der Waals surface area contributed by atoms with Gasteiger partial charge in [-0.05, 0) is 29.8 Å². The van der Waals surface area contributed by atoms with Crippen LogP contribution in [-0.4, -0.2) is 67.8 Å². The molecule has 0 aliphatic heterocycles. The largest absolute Gasteiger partial charge is 0.497 e. The Hall–Kier alpha value is -2.30. The van der Waals surface area contributed by atoms with E-state index in [1.807, 2.05) is 24.3 Å². The van der Waals surface area contributed by atoms with Gasteiger partial charge < -0.3 is 23.9 Å². The summed E-state index contributed by atoms with van der Waals surface area (Å²) < 4.78 is 18.0. The van der Waals surface area contributed by atoms with Crippen LogP contribution in [0.5, 0.6) is 5.75 Å². The number of nitrogens with zero attached hydrogens (tertiary/aromatic N) is 2. The molecule has 152 valence electrons. The number of hydrogen-bond acceptors (Lipinski definition) is 5. The number of methoxy groups -OCH3 is 2. The second-order valence-electron chi connectivity index (χ2n) is 6.58. The summed E-state index contributed by atoms with van der Waals surface area (Å²) in [5.41, 5.74) is 2.33. The third kappa shape index (κ3) is 7.37. The van der Waals surface area contributed by atoms with Crippen LogP contribution in [-0.2, 0) is 22.6 Å². The fourth-order valence-electron chi connectivity index (χ4n) is 3.00. The number of terminal acetylenes is 1. The Morgan fingerprint density at radius 3 is 2.86 bits per heavy atom. The minimum absolute atomic E-state index is 0.207. The normalized spacial score (nSPS) is 12.1. The predicted octanol–water partition coefficient (Wildman–Crippen LogP) is 2.00. The van der Waals surface area contributed by atoms with E-state index in [-0.39, 0.29) is 13.2 Å². The van der Waals surface area contributed by atoms with Crippen molar-refractivity contribution in [3.63, 3.8) is 0 Å². The van der Waals surface area contributed by atoms with Crippen LogP contribution >= 0.6 is 0 Å². The Balaban J connectivity index is 2.01. The van der Waals surface area contributed by atoms with E-state index in [0.717, 1.165) is 18.0 Å². The number of hydrogen-bond donors (Lipinski definition) is 1. The molecule has 0 aliphatic carbocycles. The molecule has 0 spiro atoms. The summed E-state index contributed by atoms with van der Waals surface area (Å²) in [4.78, 5) is 2.16. The van der Waals surface area contributed by atoms with Gasteiger partial charge in [0.05, 0.1) is 26.4 Å². The molecule has 1 unspecified atom stereocenters. The maximum absolute atomic E-state index is 10.2. The van der Waals surface area contributed by atoms with Crippen LogP contribution in [0.25, 0.3) is 0 Å². The molecule has 1 N–H and O–H groups in total. The molecule has 2 rings (SSSR count). The van der Waals surface area contributed by atoms with Gasteiger partial charge in [-0.1, -0.05) is 18.1 Å². The second kappa shape index (κ2) is 12.2. The van der Waals surface area contributed by atoms with Crippen molar-refractivity contribution < 1.29 is 19.3 Å². The Bertz CT molecular complexity index is 738. The van der Waals surface area contributed by atoms with Crippen molar-refractivity contribution in [3.8, 4) is 18.1 Å². The Labute approximate surface area is 167 Å². The lowest BCUT2D eigenvalue weighted by atomic mass is 10.2. The summed E-state index contributed by atoms with van der Waals surface area (Å²) in [5.74, 6) is 3.26. The third-order valence-corrected chi connectivity index (χ3v) is 4.37. The van der Waals surface area contributed by atoms with Crippen LogP contribution < -0.4 is 4.74 Å². The summed E-state index contributed by atoms with van der Waals surface area (Å²) >= 11 is 0. The molecule has 0 saturated heterocycles. The van der Waals surface area contributed by atoms with Gasteiger partial charge in [0.2, 0.25) is 0 Å². The molecule has 1 aromatic carbocycles. The number of rotatable bonds is 13. The van der Waals surface area contributed by atoms with E-state index in [9.17, 15) is 5.11 Å². The minimum atomic E-state index is -0.605. The van der Waals surface area contributed by atoms with Gasteiger partial charge in [0.25, 0.3) is 0 Å². The zero-order valence-corrected chi connectivity index (χ0v) is 16.7. The first-order chi connectivity index (χ1) is 13.7. The van der Waals surface area contributed by atoms with Crippen molar-refractivity contribution in [1.82, 2.24) is 9.47 Å². The van der Waals surface area contributed by atoms with E-state index < -0.39 is 6.10 Å². The van der Waals surface area contributed by atoms with Gasteiger partial charge in [0.1, 0.15) is 12.4 Å². The summed E-state index contributed by atoms with van der Waals surface area (Å²) in [6.07, 6.45) is 6.64. The van der Waals surface area contributed by atoms with Gasteiger partial charge in [-0.15, -0.1) is 6.42 Å². The lowest BCUT2D eigenvalue weighted by molar-refractivity contribution is 0.0202. The Morgan fingerprint density at radius 1 is 1.25 bits per heavy atom. The lowest BCUT2D eigenvalue weighted by Crippen LogP contribution is -2.37. The molecule has 0 saturated carbocycles. The third-order valence-electron chi connectivity index (χ3n) is 4.37. The van der Waals surface area contributed by atoms with Gasteiger partial charge >= 0.3 is 0 Å². The fraction of sp³-hybridized carbons (Fsp3) is 0.455. The van der Waals surface area contributed by atoms with E-state index in [2.05, 4.69) is 33.7 Å². The molecule has 1 heterocycles. The number of benzene rings is 1. The molecular formula is C22H30N2O4. The molecule has 2 aromatic rings. The lowest BCUT2D eigenvalue weighted by Gasteiger charge is -2.25. The van der Waals surface area contributed by atoms with E-state index in [1.165, 1.54) is 5.56 Å². The number of aliphatic hydroxyl groups is 1. The maximum Gasteiger partial charge on any atom is 0.119 e. The molecule has 1 atom stereocenters. The average molecular weight is 386 g/mol. The minimum Gasteiger partial charge on any atom is -0.497 e. The average Bonchev–Trinajstić information content (AvgIpc) is 3.13. The quantitative estimate of drug-likeness (QED) is 0.422. The zero-order valence-electron chi connectivity index (χ0n) is 16.7. The van der Waals surface area contributed by atoms with Gasteiger partial charge in [0, 0.05) is 45.2 Å². The first-order valence-corrected chi connectivity index (χ1v) is 9.33. The molecule has 0 fully saturated rings. The highest BCUT2D eigenvalue weighted by Crippen LogP contribution is 2.16. The fourth-order valence-corrected chi connectivity index (χ4v) is 3.00. The number of aliphatic hydroxyl groups excluding tert-OH is 1. The van der Waals surface area contributed by atoms with Crippen molar-refractivity contribution in [2.24, 2.45) is 0 Å². The molecule has 28 heavy (non-hydrogen) atoms. The second-order valence-corrected chi connectivity index (χ2v) is 6.58. The molecule has 0 bridgehead atoms. The van der Waals surface area contributed by atoms with Crippen molar-refractivity contribution in [2.75, 3.05) is 47.1 Å². The summed E-state index contributed by atoms with van der Waals surface area (Å²) in [6, 6.07) is 12.2. The highest BCUT2D eigenvalue weighted by Gasteiger charge is 2.14. The van der Waals surface area contributed by atoms with Crippen molar-refractivity contribution >= 4 is 0 Å². The van der Waals surface area contributed by atoms with Gasteiger partial charge in [-0.2, -0.15) is 0 Å². The predicted molar refractivity (Wildman–Crippen MR) is 109 cm³/mol. The standard InChI is InChI=1S/C22H30N2O4/c1-4-12-28-18-21(25)17-23(11-13-26-2)16-20-8-6-10-24(20)15-19-7-5-9-22(14-19)27-3/h1,5-10,14,21,25H,11-13,15-18H2,2-3H3. The van der Waals surface area contributed by atoms with Crippen LogP contribution in [0.2, 0.25) is 0 Å². The van der Waals surface area contributed by atoms with E-state index in [0.29, 0.717) is 26.2 Å². The number of aromatic nitrogens is 1. The Morgan fingerprint density at radius 2 is 2.11 bits per heavy atom. The molecule has 6 nitrogen and oxygen atoms in total. The monoisotopic (exact) mass is 386 g/mol. The first-order valence-electron chi connectivity index (χ1n) is 9.33. The highest BCUT2D eigenvalue weighted by atomic mass is 16.5. The SMILES string of the molecule is C#CCOCC(O)CN(CCOC)Cc1cccn1Cc1cccc(OC)c1. The smallest absolute Gasteiger partial charge is 0.119 e. The van der Waals surface area contributed by atoms with Crippen molar-refractivity contribution in [3.05, 3.63) is 53.9 Å². The van der Waals surface area contributed by atoms with Gasteiger partial charge in [0.15, 0.2) is 0 Å². The molecule has 6 heteroatoms. The maximum atomic E-state index is 10.2. The van der Waals surface area contributed by atoms with Gasteiger partial charge in [-0.3, -0.25) is 4.90 Å². The summed E-state index contributed by atoms with van der Waals surface area (Å²) in [5, 5.41) is 10.2. The molecular weight excluding hydrogens is 356 g/mol. The molecule has 0 amide bonds. The number of ether oxygens (including phenoxy) is 3. The van der Waals surface area contributed by atoms with Crippen LogP contribution in [0.1, 0.15) is 11.3 Å². The van der Waals surface area contributed by atoms with Crippen molar-refractivity contribution in [2.45, 2.75) is 19.2 Å². The summed E-state index contributed by atoms with van der Waals surface area (Å²) in [7, 11) is 3.35. The van der Waals surface area contributed by atoms with Crippen LogP contribution in [0.15, 0.2) is 42.6 Å². The topological polar surface area (TPSA) is 56.1 Å². The first kappa shape index (κ1) is 22.0. The van der Waals surface area contributed by atoms with Gasteiger partial charge in [-0.25, -0.2) is 0 Å². The zero-order chi connectivity index (χ0) is 20.2. The van der Waals surface area contributed by atoms with Crippen LogP contribution in [0.4, 0.5) is 0 Å². The van der Waals surface area contributed by atoms with Crippen LogP contribution in [0.3, 0.4) is 0 Å². The molecule has 0 radical (unpaired) electrons. The van der Waals surface area contributed by atoms with Crippen molar-refractivity contribution in [1.29, 1.82) is 0 Å². The molecule has 0 aliphatic rings. The van der Waals surface area contributed by atoms with E-state index in [1.54, 1.807) is 14.2 Å². The summed E-state index contributed by atoms with van der Waals surface area (Å²) in [6.45, 7) is 3.68. The Kier molecular flexibility index (Phi) is 9.60. The molecule has 1 aromatic heterocycles.